The van der Waals surface area contributed by atoms with Gasteiger partial charge in [0.2, 0.25) is 5.91 Å². The van der Waals surface area contributed by atoms with Gasteiger partial charge in [-0.2, -0.15) is 13.2 Å². The van der Waals surface area contributed by atoms with Crippen LogP contribution in [-0.2, 0) is 16.6 Å². The molecule has 0 aromatic heterocycles. The Bertz CT molecular complexity index is 993. The van der Waals surface area contributed by atoms with Crippen molar-refractivity contribution in [1.29, 1.82) is 0 Å². The molecule has 2 fully saturated rings. The lowest BCUT2D eigenvalue weighted by Gasteiger charge is -2.31. The molecule has 0 radical (unpaired) electrons. The number of aliphatic hydroxyl groups is 1. The van der Waals surface area contributed by atoms with Crippen LogP contribution in [0.1, 0.15) is 30.4 Å². The highest BCUT2D eigenvalue weighted by molar-refractivity contribution is 6.30. The lowest BCUT2D eigenvalue weighted by atomic mass is 9.94. The van der Waals surface area contributed by atoms with E-state index in [1.165, 1.54) is 12.1 Å². The van der Waals surface area contributed by atoms with Crippen LogP contribution in [-0.4, -0.2) is 53.4 Å². The minimum Gasteiger partial charge on any atom is -0.379 e. The van der Waals surface area contributed by atoms with E-state index in [0.717, 1.165) is 11.1 Å². The monoisotopic (exact) mass is 484 g/mol. The van der Waals surface area contributed by atoms with E-state index >= 15 is 0 Å². The predicted octanol–water partition coefficient (Wildman–Crippen LogP) is 4.24. The number of carbonyl (C=O) groups is 1. The van der Waals surface area contributed by atoms with Gasteiger partial charge in [-0.3, -0.25) is 9.69 Å². The maximum absolute atomic E-state index is 13.4. The number of carbonyl (C=O) groups excluding carboxylic acids is 1. The van der Waals surface area contributed by atoms with Crippen LogP contribution in [0.3, 0.4) is 0 Å². The molecule has 2 aromatic rings. The van der Waals surface area contributed by atoms with Crippen molar-refractivity contribution < 1.29 is 27.5 Å². The minimum absolute atomic E-state index is 0.0417. The predicted molar refractivity (Wildman–Crippen MR) is 116 cm³/mol. The van der Waals surface area contributed by atoms with E-state index in [-0.39, 0.29) is 19.0 Å². The summed E-state index contributed by atoms with van der Waals surface area (Å²) in [6, 6.07) is 12.3. The molecule has 1 saturated carbocycles. The van der Waals surface area contributed by atoms with Crippen LogP contribution < -0.4 is 5.32 Å². The summed E-state index contributed by atoms with van der Waals surface area (Å²) in [4.78, 5) is 14.6. The third-order valence-electron chi connectivity index (χ3n) is 6.79. The average molecular weight is 485 g/mol. The quantitative estimate of drug-likeness (QED) is 0.578. The van der Waals surface area contributed by atoms with Gasteiger partial charge in [-0.25, -0.2) is 4.39 Å². The van der Waals surface area contributed by atoms with E-state index in [2.05, 4.69) is 5.32 Å². The standard InChI is InChI=1S/C24H25ClF4N2O2/c25-18-5-3-17(4-6-18)22(9-10-22)21(32)30-14-20(13-16-1-7-19(26)8-2-16)31-12-11-23(33,15-31)24(27,28)29/h1-8,20,33H,9-15H2,(H,30,32). The van der Waals surface area contributed by atoms with Gasteiger partial charge >= 0.3 is 6.18 Å². The van der Waals surface area contributed by atoms with Crippen molar-refractivity contribution in [2.24, 2.45) is 0 Å². The summed E-state index contributed by atoms with van der Waals surface area (Å²) in [7, 11) is 0. The summed E-state index contributed by atoms with van der Waals surface area (Å²) >= 11 is 5.95. The number of nitrogens with one attached hydrogen (secondary N) is 1. The first-order valence-electron chi connectivity index (χ1n) is 10.8. The smallest absolute Gasteiger partial charge is 0.379 e. The van der Waals surface area contributed by atoms with Gasteiger partial charge in [0, 0.05) is 30.7 Å². The molecule has 9 heteroatoms. The molecule has 2 atom stereocenters. The van der Waals surface area contributed by atoms with Crippen LogP contribution in [0.25, 0.3) is 0 Å². The highest BCUT2D eigenvalue weighted by Crippen LogP contribution is 2.48. The van der Waals surface area contributed by atoms with Gasteiger partial charge in [0.05, 0.1) is 5.41 Å². The Morgan fingerprint density at radius 2 is 1.73 bits per heavy atom. The number of halogens is 5. The Morgan fingerprint density at radius 1 is 1.09 bits per heavy atom. The van der Waals surface area contributed by atoms with Crippen LogP contribution in [0, 0.1) is 5.82 Å². The SMILES string of the molecule is O=C(NCC(Cc1ccc(F)cc1)N1CCC(O)(C(F)(F)F)C1)C1(c2ccc(Cl)cc2)CC1. The van der Waals surface area contributed by atoms with Crippen LogP contribution in [0.5, 0.6) is 0 Å². The molecule has 33 heavy (non-hydrogen) atoms. The first kappa shape index (κ1) is 24.0. The van der Waals surface area contributed by atoms with Gasteiger partial charge in [0.25, 0.3) is 0 Å². The fourth-order valence-electron chi connectivity index (χ4n) is 4.51. The van der Waals surface area contributed by atoms with E-state index in [1.54, 1.807) is 29.2 Å². The van der Waals surface area contributed by atoms with Crippen LogP contribution in [0.4, 0.5) is 17.6 Å². The van der Waals surface area contributed by atoms with Crippen molar-refractivity contribution in [2.45, 2.75) is 48.9 Å². The van der Waals surface area contributed by atoms with Crippen LogP contribution in [0.15, 0.2) is 48.5 Å². The summed E-state index contributed by atoms with van der Waals surface area (Å²) in [5.74, 6) is -0.589. The Hall–Kier alpha value is -2.16. The van der Waals surface area contributed by atoms with Crippen molar-refractivity contribution >= 4 is 17.5 Å². The molecule has 1 saturated heterocycles. The van der Waals surface area contributed by atoms with E-state index in [4.69, 9.17) is 11.6 Å². The zero-order chi connectivity index (χ0) is 23.9. The molecular weight excluding hydrogens is 460 g/mol. The maximum atomic E-state index is 13.4. The van der Waals surface area contributed by atoms with Crippen LogP contribution >= 0.6 is 11.6 Å². The lowest BCUT2D eigenvalue weighted by molar-refractivity contribution is -0.254. The molecule has 1 heterocycles. The number of benzene rings is 2. The third-order valence-corrected chi connectivity index (χ3v) is 7.04. The zero-order valence-electron chi connectivity index (χ0n) is 17.8. The van der Waals surface area contributed by atoms with Gasteiger partial charge < -0.3 is 10.4 Å². The Morgan fingerprint density at radius 3 is 2.27 bits per heavy atom. The molecule has 0 bridgehead atoms. The number of hydrogen-bond donors (Lipinski definition) is 2. The second-order valence-electron chi connectivity index (χ2n) is 9.03. The van der Waals surface area contributed by atoms with E-state index < -0.39 is 42.0 Å². The van der Waals surface area contributed by atoms with Crippen molar-refractivity contribution in [3.63, 3.8) is 0 Å². The van der Waals surface area contributed by atoms with Gasteiger partial charge in [-0.05, 0) is 61.1 Å². The Labute approximate surface area is 194 Å². The fraction of sp³-hybridized carbons (Fsp3) is 0.458. The van der Waals surface area contributed by atoms with Crippen LogP contribution in [0.2, 0.25) is 5.02 Å². The summed E-state index contributed by atoms with van der Waals surface area (Å²) in [6.07, 6.45) is -3.50. The molecule has 4 rings (SSSR count). The second-order valence-corrected chi connectivity index (χ2v) is 9.47. The van der Waals surface area contributed by atoms with Gasteiger partial charge in [-0.1, -0.05) is 35.9 Å². The molecule has 1 amide bonds. The molecule has 1 aliphatic heterocycles. The van der Waals surface area contributed by atoms with Gasteiger partial charge in [0.15, 0.2) is 5.60 Å². The Balaban J connectivity index is 1.48. The molecule has 2 N–H and O–H groups in total. The molecule has 1 aliphatic carbocycles. The number of nitrogens with zero attached hydrogens (tertiary/aromatic N) is 1. The van der Waals surface area contributed by atoms with E-state index in [9.17, 15) is 27.5 Å². The number of likely N-dealkylation sites (tertiary alicyclic amines) is 1. The maximum Gasteiger partial charge on any atom is 0.418 e. The molecule has 178 valence electrons. The summed E-state index contributed by atoms with van der Waals surface area (Å²) < 4.78 is 53.4. The summed E-state index contributed by atoms with van der Waals surface area (Å²) in [5, 5.41) is 13.6. The van der Waals surface area contributed by atoms with Gasteiger partial charge in [0.1, 0.15) is 5.82 Å². The zero-order valence-corrected chi connectivity index (χ0v) is 18.6. The van der Waals surface area contributed by atoms with E-state index in [0.29, 0.717) is 24.3 Å². The largest absolute Gasteiger partial charge is 0.418 e. The van der Waals surface area contributed by atoms with Crippen molar-refractivity contribution in [3.05, 3.63) is 70.5 Å². The molecule has 2 aliphatic rings. The van der Waals surface area contributed by atoms with Crippen molar-refractivity contribution in [1.82, 2.24) is 10.2 Å². The highest BCUT2D eigenvalue weighted by Gasteiger charge is 2.58. The molecule has 4 nitrogen and oxygen atoms in total. The summed E-state index contributed by atoms with van der Waals surface area (Å²) in [5.41, 5.74) is -1.84. The first-order valence-corrected chi connectivity index (χ1v) is 11.2. The normalized spacial score (nSPS) is 23.3. The third kappa shape index (κ3) is 5.03. The highest BCUT2D eigenvalue weighted by atomic mass is 35.5. The molecule has 2 unspecified atom stereocenters. The van der Waals surface area contributed by atoms with Crippen molar-refractivity contribution in [3.8, 4) is 0 Å². The number of alkyl halides is 3. The topological polar surface area (TPSA) is 52.6 Å². The number of rotatable bonds is 7. The Kier molecular flexibility index (Phi) is 6.46. The summed E-state index contributed by atoms with van der Waals surface area (Å²) in [6.45, 7) is -0.417. The fourth-order valence-corrected chi connectivity index (χ4v) is 4.64. The number of hydrogen-bond acceptors (Lipinski definition) is 3. The van der Waals surface area contributed by atoms with Gasteiger partial charge in [-0.15, -0.1) is 0 Å². The molecule has 2 aromatic carbocycles. The molecular formula is C24H25ClF4N2O2. The minimum atomic E-state index is -4.74. The van der Waals surface area contributed by atoms with E-state index in [1.807, 2.05) is 12.1 Å². The average Bonchev–Trinajstić information content (AvgIpc) is 3.47. The lowest BCUT2D eigenvalue weighted by Crippen LogP contribution is -2.51. The second kappa shape index (κ2) is 8.89. The van der Waals surface area contributed by atoms with Crippen molar-refractivity contribution in [2.75, 3.05) is 19.6 Å². The number of β-amino-alcohol motifs (C(OH)–C–C–N with tert-alkyl or cyclic N) is 1. The first-order chi connectivity index (χ1) is 15.5. The molecule has 0 spiro atoms. The number of amides is 1.